The van der Waals surface area contributed by atoms with Crippen LogP contribution in [-0.4, -0.2) is 135 Å². The number of rotatable bonds is 5. The molecule has 14 nitrogen and oxygen atoms in total. The number of aliphatic hydroxyl groups is 5. The Morgan fingerprint density at radius 2 is 1.53 bits per heavy atom. The van der Waals surface area contributed by atoms with Crippen molar-refractivity contribution in [2.45, 2.75) is 186 Å². The number of fused-ring (bicyclic) bond motifs is 3. The predicted molar refractivity (Wildman–Crippen MR) is 241 cm³/mol. The molecule has 362 valence electrons. The van der Waals surface area contributed by atoms with Gasteiger partial charge in [0.2, 0.25) is 5.79 Å². The summed E-state index contributed by atoms with van der Waals surface area (Å²) in [4.78, 5) is 57.3. The van der Waals surface area contributed by atoms with Gasteiger partial charge < -0.3 is 49.4 Å². The first-order chi connectivity index (χ1) is 30.2. The SMILES string of the molecule is CO[C@H]1C[C@@H]2CC[C@@H](C)[C@@](O)(O2)C(=O)C(=O)N2CCCC[C@H]2C(=O)O[C@H]([C@H](C)C[C@@H]2CC[C@@H](O)[C@H](OC)C2)C[C@@H](O)[C@H](C)/C=C(\C)[C@@H](O)[C@@H](O)C(=O)[C@H](C)C[C@H](C)/C=C/C=C/C=C/1C. The second kappa shape index (κ2) is 24.6. The van der Waals surface area contributed by atoms with Crippen LogP contribution in [0.15, 0.2) is 47.6 Å². The van der Waals surface area contributed by atoms with Gasteiger partial charge in [0.1, 0.15) is 24.4 Å². The standard InChI is InChI=1S/C50H79NO13/c1-29-15-11-10-12-16-30(2)41(61-8)27-37-20-18-35(7)50(60,64-37)47(57)48(58)51-22-14-13-17-38(51)49(59)63-42(32(4)25-36-19-21-39(52)43(26-36)62-9)28-40(53)31(3)24-34(6)45(55)46(56)44(54)33(5)23-29/h10-12,15-16,24,29,31-33,35-43,45-46,52-53,55-56,60H,13-14,17-23,25-28H2,1-9H3/b12-10+,15-11+,30-16+,34-24+/t29-,31-,32-,33-,35-,36+,37+,38+,39-,40-,41+,42+,43-,45-,46+,50-/m1/s1. The molecule has 5 N–H and O–H groups in total. The first-order valence-electron chi connectivity index (χ1n) is 23.7. The van der Waals surface area contributed by atoms with Crippen molar-refractivity contribution in [3.05, 3.63) is 47.6 Å². The van der Waals surface area contributed by atoms with Gasteiger partial charge in [0, 0.05) is 51.4 Å². The fraction of sp³-hybridized carbons (Fsp3) is 0.760. The maximum absolute atomic E-state index is 14.3. The van der Waals surface area contributed by atoms with E-state index in [1.165, 1.54) is 4.90 Å². The number of methoxy groups -OCH3 is 2. The van der Waals surface area contributed by atoms with Crippen LogP contribution >= 0.6 is 0 Å². The lowest BCUT2D eigenvalue weighted by atomic mass is 9.78. The number of aliphatic hydroxyl groups excluding tert-OH is 4. The Morgan fingerprint density at radius 3 is 2.22 bits per heavy atom. The third-order valence-corrected chi connectivity index (χ3v) is 14.4. The number of amides is 1. The Labute approximate surface area is 381 Å². The van der Waals surface area contributed by atoms with Crippen molar-refractivity contribution in [1.29, 1.82) is 0 Å². The Bertz CT molecular complexity index is 1690. The second-order valence-corrected chi connectivity index (χ2v) is 19.6. The summed E-state index contributed by atoms with van der Waals surface area (Å²) in [5.74, 6) is -7.84. The molecule has 1 aliphatic carbocycles. The van der Waals surface area contributed by atoms with E-state index in [-0.39, 0.29) is 43.2 Å². The van der Waals surface area contributed by atoms with Crippen molar-refractivity contribution in [1.82, 2.24) is 4.90 Å². The van der Waals surface area contributed by atoms with Gasteiger partial charge >= 0.3 is 5.97 Å². The Morgan fingerprint density at radius 1 is 0.812 bits per heavy atom. The molecule has 1 saturated carbocycles. The summed E-state index contributed by atoms with van der Waals surface area (Å²) >= 11 is 0. The zero-order valence-corrected chi connectivity index (χ0v) is 39.8. The minimum Gasteiger partial charge on any atom is -0.460 e. The number of hydrogen-bond acceptors (Lipinski definition) is 13. The van der Waals surface area contributed by atoms with Gasteiger partial charge in [-0.3, -0.25) is 14.4 Å². The van der Waals surface area contributed by atoms with Crippen LogP contribution in [0.3, 0.4) is 0 Å². The summed E-state index contributed by atoms with van der Waals surface area (Å²) in [5, 5.41) is 56.2. The number of carbonyl (C=O) groups is 4. The van der Waals surface area contributed by atoms with Crippen molar-refractivity contribution in [3.63, 3.8) is 0 Å². The number of allylic oxidation sites excluding steroid dienone is 5. The number of cyclic esters (lactones) is 1. The van der Waals surface area contributed by atoms with Crippen molar-refractivity contribution >= 4 is 23.4 Å². The maximum atomic E-state index is 14.3. The topological polar surface area (TPSA) is 210 Å². The van der Waals surface area contributed by atoms with E-state index >= 15 is 0 Å². The summed E-state index contributed by atoms with van der Waals surface area (Å²) in [6, 6.07) is -1.12. The van der Waals surface area contributed by atoms with E-state index in [4.69, 9.17) is 18.9 Å². The summed E-state index contributed by atoms with van der Waals surface area (Å²) < 4.78 is 23.8. The number of piperidine rings is 1. The van der Waals surface area contributed by atoms with E-state index in [0.717, 1.165) is 12.0 Å². The number of Topliss-reactive ketones (excluding diaryl/α,β-unsaturated/α-hetero) is 2. The number of hydrogen-bond donors (Lipinski definition) is 5. The third-order valence-electron chi connectivity index (χ3n) is 14.4. The zero-order valence-electron chi connectivity index (χ0n) is 39.8. The summed E-state index contributed by atoms with van der Waals surface area (Å²) in [7, 11) is 3.14. The first kappa shape index (κ1) is 53.5. The molecule has 0 aromatic heterocycles. The van der Waals surface area contributed by atoms with Crippen LogP contribution in [0.5, 0.6) is 0 Å². The molecule has 0 unspecified atom stereocenters. The second-order valence-electron chi connectivity index (χ2n) is 19.6. The Hall–Kier alpha value is -3.08. The quantitative estimate of drug-likeness (QED) is 0.135. The number of ketones is 2. The Balaban J connectivity index is 1.68. The van der Waals surface area contributed by atoms with Crippen LogP contribution < -0.4 is 0 Å². The Kier molecular flexibility index (Phi) is 20.6. The highest BCUT2D eigenvalue weighted by Crippen LogP contribution is 2.38. The molecule has 0 radical (unpaired) electrons. The van der Waals surface area contributed by atoms with Crippen LogP contribution in [0, 0.1) is 35.5 Å². The number of esters is 1. The molecule has 3 fully saturated rings. The van der Waals surface area contributed by atoms with E-state index < -0.39 is 95.8 Å². The van der Waals surface area contributed by atoms with E-state index in [1.54, 1.807) is 48.0 Å². The summed E-state index contributed by atoms with van der Waals surface area (Å²) in [5.41, 5.74) is 1.17. The highest BCUT2D eigenvalue weighted by atomic mass is 16.6. The van der Waals surface area contributed by atoms with E-state index in [9.17, 15) is 44.7 Å². The highest BCUT2D eigenvalue weighted by Gasteiger charge is 2.53. The minimum absolute atomic E-state index is 0.0145. The lowest BCUT2D eigenvalue weighted by molar-refractivity contribution is -0.265. The van der Waals surface area contributed by atoms with Crippen LogP contribution in [0.25, 0.3) is 0 Å². The van der Waals surface area contributed by atoms with Crippen LogP contribution in [0.1, 0.15) is 126 Å². The van der Waals surface area contributed by atoms with Gasteiger partial charge in [-0.05, 0) is 107 Å². The molecule has 4 aliphatic rings. The van der Waals surface area contributed by atoms with Gasteiger partial charge in [0.15, 0.2) is 5.78 Å². The predicted octanol–water partition coefficient (Wildman–Crippen LogP) is 5.32. The molecule has 2 saturated heterocycles. The summed E-state index contributed by atoms with van der Waals surface area (Å²) in [6.07, 6.45) is 9.48. The fourth-order valence-corrected chi connectivity index (χ4v) is 10.0. The van der Waals surface area contributed by atoms with E-state index in [1.807, 2.05) is 51.2 Å². The maximum Gasteiger partial charge on any atom is 0.329 e. The van der Waals surface area contributed by atoms with Crippen molar-refractivity contribution in [2.75, 3.05) is 20.8 Å². The molecule has 14 heteroatoms. The van der Waals surface area contributed by atoms with E-state index in [2.05, 4.69) is 0 Å². The van der Waals surface area contributed by atoms with Crippen molar-refractivity contribution < 1.29 is 63.7 Å². The smallest absolute Gasteiger partial charge is 0.329 e. The molecule has 0 spiro atoms. The molecule has 2 bridgehead atoms. The molecule has 16 atom stereocenters. The van der Waals surface area contributed by atoms with Gasteiger partial charge in [0.05, 0.1) is 30.5 Å². The van der Waals surface area contributed by atoms with Gasteiger partial charge in [0.25, 0.3) is 11.7 Å². The molecule has 1 amide bonds. The zero-order chi connectivity index (χ0) is 47.5. The van der Waals surface area contributed by atoms with Crippen LogP contribution in [-0.2, 0) is 38.1 Å². The molecule has 3 aliphatic heterocycles. The van der Waals surface area contributed by atoms with Gasteiger partial charge in [-0.15, -0.1) is 0 Å². The largest absolute Gasteiger partial charge is 0.460 e. The van der Waals surface area contributed by atoms with Crippen LogP contribution in [0.4, 0.5) is 0 Å². The van der Waals surface area contributed by atoms with Crippen molar-refractivity contribution in [2.24, 2.45) is 35.5 Å². The third kappa shape index (κ3) is 14.0. The summed E-state index contributed by atoms with van der Waals surface area (Å²) in [6.45, 7) is 12.6. The average molecular weight is 902 g/mol. The first-order valence-corrected chi connectivity index (χ1v) is 23.7. The van der Waals surface area contributed by atoms with Gasteiger partial charge in [-0.25, -0.2) is 4.79 Å². The highest BCUT2D eigenvalue weighted by molar-refractivity contribution is 6.39. The van der Waals surface area contributed by atoms with Crippen molar-refractivity contribution in [3.8, 4) is 0 Å². The monoisotopic (exact) mass is 902 g/mol. The van der Waals surface area contributed by atoms with E-state index in [0.29, 0.717) is 63.4 Å². The molecule has 0 aromatic rings. The molecule has 0 aromatic carbocycles. The molecule has 3 heterocycles. The number of carbonyl (C=O) groups excluding carboxylic acids is 4. The minimum atomic E-state index is -2.42. The molecular weight excluding hydrogens is 823 g/mol. The van der Waals surface area contributed by atoms with Crippen LogP contribution in [0.2, 0.25) is 0 Å². The normalized spacial score (nSPS) is 42.0. The fourth-order valence-electron chi connectivity index (χ4n) is 10.0. The average Bonchev–Trinajstić information content (AvgIpc) is 3.27. The van der Waals surface area contributed by atoms with Gasteiger partial charge in [-0.2, -0.15) is 0 Å². The molecule has 64 heavy (non-hydrogen) atoms. The lowest BCUT2D eigenvalue weighted by Gasteiger charge is -2.42. The number of nitrogens with zero attached hydrogens (tertiary/aromatic N) is 1. The lowest BCUT2D eigenvalue weighted by Crippen LogP contribution is -2.61. The number of ether oxygens (including phenoxy) is 4. The molecule has 4 rings (SSSR count). The molecular formula is C50H79NO13. The van der Waals surface area contributed by atoms with Gasteiger partial charge in [-0.1, -0.05) is 71.1 Å².